The zero-order valence-corrected chi connectivity index (χ0v) is 16.2. The van der Waals surface area contributed by atoms with Gasteiger partial charge >= 0.3 is 0 Å². The molecule has 1 aliphatic heterocycles. The first-order valence-corrected chi connectivity index (χ1v) is 8.81. The number of amidine groups is 1. The first-order valence-electron chi connectivity index (χ1n) is 8.81. The van der Waals surface area contributed by atoms with Crippen molar-refractivity contribution in [2.45, 2.75) is 25.7 Å². The summed E-state index contributed by atoms with van der Waals surface area (Å²) in [4.78, 5) is 2.20. The van der Waals surface area contributed by atoms with Crippen molar-refractivity contribution in [2.24, 2.45) is 5.73 Å². The zero-order chi connectivity index (χ0) is 20.9. The number of nitrogen functional groups attached to an aromatic ring is 1. The Kier molecular flexibility index (Phi) is 6.26. The molecule has 0 unspecified atom stereocenters. The van der Waals surface area contributed by atoms with Gasteiger partial charge in [0.2, 0.25) is 0 Å². The highest BCUT2D eigenvalue weighted by Gasteiger charge is 2.36. The second kappa shape index (κ2) is 8.44. The van der Waals surface area contributed by atoms with Crippen molar-refractivity contribution in [2.75, 3.05) is 23.8 Å². The highest BCUT2D eigenvalue weighted by atomic mass is 16.5. The summed E-state index contributed by atoms with van der Waals surface area (Å²) in [5.74, 6) is 3.41. The van der Waals surface area contributed by atoms with Gasteiger partial charge in [0.1, 0.15) is 12.4 Å². The van der Waals surface area contributed by atoms with Gasteiger partial charge in [-0.05, 0) is 47.5 Å². The number of benzene rings is 2. The van der Waals surface area contributed by atoms with Gasteiger partial charge in [0.15, 0.2) is 0 Å². The lowest BCUT2D eigenvalue weighted by Crippen LogP contribution is -2.34. The molecule has 0 bridgehead atoms. The summed E-state index contributed by atoms with van der Waals surface area (Å²) in [6, 6.07) is 12.0. The monoisotopic (exact) mass is 378 g/mol. The van der Waals surface area contributed by atoms with Crippen LogP contribution in [-0.2, 0) is 5.41 Å². The fraction of sp³-hybridized carbons (Fsp3) is 0.286. The van der Waals surface area contributed by atoms with Crippen molar-refractivity contribution in [1.29, 1.82) is 16.5 Å². The van der Waals surface area contributed by atoms with Gasteiger partial charge in [-0.3, -0.25) is 5.41 Å². The zero-order valence-electron chi connectivity index (χ0n) is 16.2. The van der Waals surface area contributed by atoms with Gasteiger partial charge in [-0.1, -0.05) is 19.8 Å². The molecule has 0 aliphatic carbocycles. The maximum atomic E-state index is 7.60. The Balaban J connectivity index is 0.00000136. The minimum absolute atomic E-state index is 0.169. The van der Waals surface area contributed by atoms with Crippen LogP contribution in [0.3, 0.4) is 0 Å². The maximum Gasteiger partial charge on any atom is 0.148 e. The van der Waals surface area contributed by atoms with Crippen LogP contribution in [0.25, 0.3) is 0 Å². The molecule has 0 aromatic heterocycles. The van der Waals surface area contributed by atoms with E-state index in [1.54, 1.807) is 0 Å². The Hall–Kier alpha value is -3.53. The molecular weight excluding hydrogens is 352 g/mol. The summed E-state index contributed by atoms with van der Waals surface area (Å²) in [7, 11) is 0. The molecule has 0 saturated carbocycles. The molecular formula is C21H26N6O. The van der Waals surface area contributed by atoms with Crippen molar-refractivity contribution >= 4 is 22.9 Å². The Morgan fingerprint density at radius 1 is 1.14 bits per heavy atom. The molecule has 0 amide bonds. The quantitative estimate of drug-likeness (QED) is 0.177. The topological polar surface area (TPSA) is 136 Å². The second-order valence-electron chi connectivity index (χ2n) is 7.00. The van der Waals surface area contributed by atoms with Crippen molar-refractivity contribution < 1.29 is 4.74 Å². The van der Waals surface area contributed by atoms with Gasteiger partial charge < -0.3 is 21.1 Å². The van der Waals surface area contributed by atoms with Gasteiger partial charge in [-0.2, -0.15) is 0 Å². The number of anilines is 3. The van der Waals surface area contributed by atoms with Crippen molar-refractivity contribution in [1.82, 2.24) is 0 Å². The van der Waals surface area contributed by atoms with E-state index < -0.39 is 0 Å². The minimum atomic E-state index is -0.248. The molecule has 2 aromatic carbocycles. The predicted octanol–water partition coefficient (Wildman–Crippen LogP) is 3.98. The molecule has 2 aromatic rings. The van der Waals surface area contributed by atoms with E-state index in [9.17, 15) is 0 Å². The van der Waals surface area contributed by atoms with Gasteiger partial charge in [0.25, 0.3) is 0 Å². The number of nitrogens with two attached hydrogens (primary N) is 2. The van der Waals surface area contributed by atoms with E-state index in [2.05, 4.69) is 24.7 Å². The number of ether oxygens (including phenoxy) is 1. The lowest BCUT2D eigenvalue weighted by Gasteiger charge is -2.42. The summed E-state index contributed by atoms with van der Waals surface area (Å²) in [5.41, 5.74) is 26.6. The van der Waals surface area contributed by atoms with Gasteiger partial charge in [-0.15, -0.1) is 6.42 Å². The lowest BCUT2D eigenvalue weighted by atomic mass is 9.73. The molecule has 1 heterocycles. The van der Waals surface area contributed by atoms with Crippen molar-refractivity contribution in [3.8, 4) is 18.1 Å². The molecule has 0 radical (unpaired) electrons. The van der Waals surface area contributed by atoms with E-state index in [1.807, 2.05) is 36.4 Å². The van der Waals surface area contributed by atoms with Crippen molar-refractivity contribution in [3.05, 3.63) is 47.5 Å². The summed E-state index contributed by atoms with van der Waals surface area (Å²) >= 11 is 0. The summed E-state index contributed by atoms with van der Waals surface area (Å²) in [6.07, 6.45) is 5.79. The molecule has 28 heavy (non-hydrogen) atoms. The van der Waals surface area contributed by atoms with Gasteiger partial charge in [-0.25, -0.2) is 11.1 Å². The summed E-state index contributed by atoms with van der Waals surface area (Å²) in [6.45, 7) is 5.21. The molecule has 7 heteroatoms. The van der Waals surface area contributed by atoms with Crippen LogP contribution in [-0.4, -0.2) is 19.0 Å². The van der Waals surface area contributed by atoms with Crippen LogP contribution in [0, 0.1) is 28.8 Å². The second-order valence-corrected chi connectivity index (χ2v) is 7.00. The minimum Gasteiger partial charge on any atom is -0.481 e. The molecule has 0 fully saturated rings. The standard InChI is InChI=1S/C21H24N4O.H2N2/c1-4-11-26-15-6-8-19-17(13-15)21(2,3)16-12-14(22)5-7-18(16)25(19)10-9-20(23)24;1-2/h1,5-8,12-13H,9-11,22H2,2-3H3,(H3,23,24);1-2H. The van der Waals surface area contributed by atoms with Crippen LogP contribution in [0.1, 0.15) is 31.4 Å². The third-order valence-electron chi connectivity index (χ3n) is 4.84. The number of terminal acetylenes is 1. The average Bonchev–Trinajstić information content (AvgIpc) is 2.68. The molecule has 7 N–H and O–H groups in total. The molecule has 0 saturated heterocycles. The first-order chi connectivity index (χ1) is 13.3. The Morgan fingerprint density at radius 3 is 2.36 bits per heavy atom. The third kappa shape index (κ3) is 3.91. The van der Waals surface area contributed by atoms with E-state index in [4.69, 9.17) is 39.1 Å². The molecule has 0 atom stereocenters. The Morgan fingerprint density at radius 2 is 1.75 bits per heavy atom. The molecule has 3 rings (SSSR count). The van der Waals surface area contributed by atoms with Gasteiger partial charge in [0.05, 0.1) is 5.84 Å². The Labute approximate surface area is 165 Å². The maximum absolute atomic E-state index is 7.60. The fourth-order valence-corrected chi connectivity index (χ4v) is 3.50. The highest BCUT2D eigenvalue weighted by Crippen LogP contribution is 2.50. The van der Waals surface area contributed by atoms with E-state index in [0.717, 1.165) is 33.9 Å². The largest absolute Gasteiger partial charge is 0.481 e. The predicted molar refractivity (Wildman–Crippen MR) is 113 cm³/mol. The Bertz CT molecular complexity index is 916. The van der Waals surface area contributed by atoms with Gasteiger partial charge in [0, 0.05) is 35.4 Å². The third-order valence-corrected chi connectivity index (χ3v) is 4.84. The number of hydrogen-bond donors (Lipinski definition) is 5. The average molecular weight is 378 g/mol. The molecule has 1 aliphatic rings. The number of fused-ring (bicyclic) bond motifs is 2. The van der Waals surface area contributed by atoms with Crippen LogP contribution in [0.5, 0.6) is 5.75 Å². The number of nitrogens with zero attached hydrogens (tertiary/aromatic N) is 1. The van der Waals surface area contributed by atoms with Crippen LogP contribution in [0.2, 0.25) is 0 Å². The lowest BCUT2D eigenvalue weighted by molar-refractivity contribution is 0.369. The highest BCUT2D eigenvalue weighted by molar-refractivity contribution is 5.82. The number of rotatable bonds is 5. The SMILES string of the molecule is C#CCOc1ccc2c(c1)C(C)(C)c1cc(N)ccc1N2CCC(=N)N.N=N. The fourth-order valence-electron chi connectivity index (χ4n) is 3.50. The smallest absolute Gasteiger partial charge is 0.148 e. The van der Waals surface area contributed by atoms with Crippen LogP contribution in [0.15, 0.2) is 36.4 Å². The summed E-state index contributed by atoms with van der Waals surface area (Å²) < 4.78 is 5.63. The molecule has 0 spiro atoms. The van der Waals surface area contributed by atoms with Crippen molar-refractivity contribution in [3.63, 3.8) is 0 Å². The van der Waals surface area contributed by atoms with E-state index in [1.165, 1.54) is 0 Å². The molecule has 146 valence electrons. The van der Waals surface area contributed by atoms with E-state index in [-0.39, 0.29) is 17.9 Å². The summed E-state index contributed by atoms with van der Waals surface area (Å²) in [5, 5.41) is 7.60. The normalized spacial score (nSPS) is 13.2. The van der Waals surface area contributed by atoms with Crippen LogP contribution < -0.4 is 21.1 Å². The number of hydrogen-bond acceptors (Lipinski definition) is 6. The van der Waals surface area contributed by atoms with Crippen LogP contribution in [0.4, 0.5) is 17.1 Å². The number of nitrogens with one attached hydrogen (secondary N) is 3. The molecule has 7 nitrogen and oxygen atoms in total. The van der Waals surface area contributed by atoms with E-state index >= 15 is 0 Å². The van der Waals surface area contributed by atoms with E-state index in [0.29, 0.717) is 13.0 Å². The van der Waals surface area contributed by atoms with Crippen LogP contribution >= 0.6 is 0 Å². The first kappa shape index (κ1) is 20.8.